The van der Waals surface area contributed by atoms with Gasteiger partial charge in [0.1, 0.15) is 12.6 Å². The summed E-state index contributed by atoms with van der Waals surface area (Å²) >= 11 is 0. The summed E-state index contributed by atoms with van der Waals surface area (Å²) in [6.07, 6.45) is 3.04. The number of likely N-dealkylation sites (tertiary alicyclic amines) is 1. The molecule has 1 aliphatic heterocycles. The molecule has 0 aromatic carbocycles. The zero-order valence-corrected chi connectivity index (χ0v) is 9.18. The molecule has 0 radical (unpaired) electrons. The second kappa shape index (κ2) is 5.34. The third-order valence-corrected chi connectivity index (χ3v) is 2.46. The number of carboxylic acid groups (broad SMARTS) is 1. The number of nitrogens with zero attached hydrogens (tertiary/aromatic N) is 1. The van der Waals surface area contributed by atoms with Gasteiger partial charge in [0, 0.05) is 13.0 Å². The van der Waals surface area contributed by atoms with Gasteiger partial charge < -0.3 is 9.84 Å². The predicted octanol–water partition coefficient (Wildman–Crippen LogP) is 1.41. The maximum absolute atomic E-state index is 11.5. The SMILES string of the molecule is C=CCOC(=O)N1C/C(=C/C)CC1C(=O)O. The molecule has 1 heterocycles. The van der Waals surface area contributed by atoms with Crippen LogP contribution < -0.4 is 0 Å². The van der Waals surface area contributed by atoms with Crippen molar-refractivity contribution in [1.29, 1.82) is 0 Å². The Morgan fingerprint density at radius 1 is 1.69 bits per heavy atom. The maximum Gasteiger partial charge on any atom is 0.411 e. The topological polar surface area (TPSA) is 66.8 Å². The van der Waals surface area contributed by atoms with E-state index >= 15 is 0 Å². The van der Waals surface area contributed by atoms with Crippen LogP contribution in [0.1, 0.15) is 13.3 Å². The Labute approximate surface area is 94.0 Å². The minimum Gasteiger partial charge on any atom is -0.480 e. The van der Waals surface area contributed by atoms with Gasteiger partial charge in [-0.15, -0.1) is 0 Å². The van der Waals surface area contributed by atoms with Gasteiger partial charge in [0.2, 0.25) is 0 Å². The van der Waals surface area contributed by atoms with Crippen LogP contribution in [0.25, 0.3) is 0 Å². The summed E-state index contributed by atoms with van der Waals surface area (Å²) in [6, 6.07) is -0.816. The van der Waals surface area contributed by atoms with E-state index in [0.29, 0.717) is 13.0 Å². The molecule has 5 nitrogen and oxygen atoms in total. The highest BCUT2D eigenvalue weighted by molar-refractivity contribution is 5.81. The molecule has 0 spiro atoms. The first kappa shape index (κ1) is 12.3. The van der Waals surface area contributed by atoms with Crippen molar-refractivity contribution in [3.05, 3.63) is 24.3 Å². The third kappa shape index (κ3) is 2.62. The molecular formula is C11H15NO4. The molecule has 5 heteroatoms. The quantitative estimate of drug-likeness (QED) is 0.737. The lowest BCUT2D eigenvalue weighted by Crippen LogP contribution is -2.40. The summed E-state index contributed by atoms with van der Waals surface area (Å²) in [6.45, 7) is 5.66. The van der Waals surface area contributed by atoms with Gasteiger partial charge in [-0.05, 0) is 6.92 Å². The van der Waals surface area contributed by atoms with E-state index in [-0.39, 0.29) is 6.61 Å². The molecule has 1 atom stereocenters. The van der Waals surface area contributed by atoms with Crippen molar-refractivity contribution in [2.24, 2.45) is 0 Å². The second-order valence-electron chi connectivity index (χ2n) is 3.50. The van der Waals surface area contributed by atoms with Crippen molar-refractivity contribution in [2.45, 2.75) is 19.4 Å². The molecule has 1 N–H and O–H groups in total. The van der Waals surface area contributed by atoms with Crippen molar-refractivity contribution in [2.75, 3.05) is 13.2 Å². The molecule has 1 saturated heterocycles. The van der Waals surface area contributed by atoms with Crippen LogP contribution in [-0.4, -0.2) is 41.3 Å². The van der Waals surface area contributed by atoms with E-state index in [2.05, 4.69) is 6.58 Å². The predicted molar refractivity (Wildman–Crippen MR) is 58.0 cm³/mol. The van der Waals surface area contributed by atoms with E-state index in [0.717, 1.165) is 5.57 Å². The monoisotopic (exact) mass is 225 g/mol. The van der Waals surface area contributed by atoms with Gasteiger partial charge in [-0.2, -0.15) is 0 Å². The van der Waals surface area contributed by atoms with Gasteiger partial charge in [0.05, 0.1) is 0 Å². The molecule has 1 unspecified atom stereocenters. The minimum absolute atomic E-state index is 0.0901. The molecule has 1 rings (SSSR count). The normalized spacial score (nSPS) is 22.2. The van der Waals surface area contributed by atoms with Crippen LogP contribution in [0.3, 0.4) is 0 Å². The van der Waals surface area contributed by atoms with Crippen molar-refractivity contribution in [3.63, 3.8) is 0 Å². The first-order chi connectivity index (χ1) is 7.60. The largest absolute Gasteiger partial charge is 0.480 e. The Balaban J connectivity index is 2.72. The molecule has 1 aliphatic rings. The number of carbonyl (C=O) groups excluding carboxylic acids is 1. The van der Waals surface area contributed by atoms with E-state index in [9.17, 15) is 9.59 Å². The first-order valence-electron chi connectivity index (χ1n) is 5.01. The molecule has 0 bridgehead atoms. The number of carboxylic acids is 1. The fourth-order valence-corrected chi connectivity index (χ4v) is 1.59. The van der Waals surface area contributed by atoms with Crippen LogP contribution in [0, 0.1) is 0 Å². The summed E-state index contributed by atoms with van der Waals surface area (Å²) in [5.41, 5.74) is 0.933. The number of hydrogen-bond acceptors (Lipinski definition) is 3. The van der Waals surface area contributed by atoms with Crippen molar-refractivity contribution < 1.29 is 19.4 Å². The van der Waals surface area contributed by atoms with E-state index in [1.165, 1.54) is 11.0 Å². The molecule has 16 heavy (non-hydrogen) atoms. The van der Waals surface area contributed by atoms with E-state index in [1.54, 1.807) is 0 Å². The lowest BCUT2D eigenvalue weighted by molar-refractivity contribution is -0.141. The molecule has 0 aromatic rings. The fourth-order valence-electron chi connectivity index (χ4n) is 1.59. The highest BCUT2D eigenvalue weighted by Gasteiger charge is 2.37. The van der Waals surface area contributed by atoms with Crippen LogP contribution in [0.5, 0.6) is 0 Å². The van der Waals surface area contributed by atoms with E-state index in [4.69, 9.17) is 9.84 Å². The molecule has 88 valence electrons. The van der Waals surface area contributed by atoms with E-state index < -0.39 is 18.1 Å². The summed E-state index contributed by atoms with van der Waals surface area (Å²) in [7, 11) is 0. The fraction of sp³-hybridized carbons (Fsp3) is 0.455. The van der Waals surface area contributed by atoms with Crippen LogP contribution in [0.4, 0.5) is 4.79 Å². The molecule has 0 aromatic heterocycles. The smallest absolute Gasteiger partial charge is 0.411 e. The van der Waals surface area contributed by atoms with Crippen LogP contribution >= 0.6 is 0 Å². The lowest BCUT2D eigenvalue weighted by Gasteiger charge is -2.19. The number of amides is 1. The molecule has 1 amide bonds. The number of ether oxygens (including phenoxy) is 1. The Hall–Kier alpha value is -1.78. The standard InChI is InChI=1S/C11H15NO4/c1-3-5-16-11(15)12-7-8(4-2)6-9(12)10(13)14/h3-4,9H,1,5-7H2,2H3,(H,13,14)/b8-4+. The zero-order chi connectivity index (χ0) is 12.1. The van der Waals surface area contributed by atoms with Gasteiger partial charge >= 0.3 is 12.1 Å². The van der Waals surface area contributed by atoms with Gasteiger partial charge in [-0.1, -0.05) is 24.3 Å². The average molecular weight is 225 g/mol. The van der Waals surface area contributed by atoms with Gasteiger partial charge in [0.15, 0.2) is 0 Å². The van der Waals surface area contributed by atoms with Gasteiger partial charge in [0.25, 0.3) is 0 Å². The highest BCUT2D eigenvalue weighted by atomic mass is 16.6. The third-order valence-electron chi connectivity index (χ3n) is 2.46. The van der Waals surface area contributed by atoms with Crippen LogP contribution in [-0.2, 0) is 9.53 Å². The summed E-state index contributed by atoms with van der Waals surface area (Å²) in [5.74, 6) is -1.01. The maximum atomic E-state index is 11.5. The summed E-state index contributed by atoms with van der Waals surface area (Å²) in [4.78, 5) is 23.7. The van der Waals surface area contributed by atoms with Crippen LogP contribution in [0.2, 0.25) is 0 Å². The Bertz CT molecular complexity index is 335. The zero-order valence-electron chi connectivity index (χ0n) is 9.18. The molecule has 1 fully saturated rings. The molecule has 0 saturated carbocycles. The van der Waals surface area contributed by atoms with Gasteiger partial charge in [-0.25, -0.2) is 9.59 Å². The molecule has 0 aliphatic carbocycles. The number of allylic oxidation sites excluding steroid dienone is 1. The van der Waals surface area contributed by atoms with Crippen molar-refractivity contribution in [3.8, 4) is 0 Å². The Morgan fingerprint density at radius 2 is 2.38 bits per heavy atom. The van der Waals surface area contributed by atoms with Crippen molar-refractivity contribution >= 4 is 12.1 Å². The van der Waals surface area contributed by atoms with Crippen LogP contribution in [0.15, 0.2) is 24.3 Å². The minimum atomic E-state index is -1.01. The number of aliphatic carboxylic acids is 1. The highest BCUT2D eigenvalue weighted by Crippen LogP contribution is 2.23. The number of carbonyl (C=O) groups is 2. The summed E-state index contributed by atoms with van der Waals surface area (Å²) in [5, 5.41) is 8.97. The van der Waals surface area contributed by atoms with Crippen molar-refractivity contribution in [1.82, 2.24) is 4.90 Å². The first-order valence-corrected chi connectivity index (χ1v) is 5.01. The Morgan fingerprint density at radius 3 is 2.88 bits per heavy atom. The van der Waals surface area contributed by atoms with Gasteiger partial charge in [-0.3, -0.25) is 4.90 Å². The number of hydrogen-bond donors (Lipinski definition) is 1. The second-order valence-corrected chi connectivity index (χ2v) is 3.50. The molecular weight excluding hydrogens is 210 g/mol. The lowest BCUT2D eigenvalue weighted by atomic mass is 10.1. The number of rotatable bonds is 3. The average Bonchev–Trinajstić information content (AvgIpc) is 2.70. The van der Waals surface area contributed by atoms with E-state index in [1.807, 2.05) is 13.0 Å². The summed E-state index contributed by atoms with van der Waals surface area (Å²) < 4.78 is 4.83. The Kier molecular flexibility index (Phi) is 4.10.